The van der Waals surface area contributed by atoms with E-state index < -0.39 is 11.8 Å². The fourth-order valence-electron chi connectivity index (χ4n) is 3.74. The molecule has 27 heavy (non-hydrogen) atoms. The summed E-state index contributed by atoms with van der Waals surface area (Å²) in [5, 5.41) is 13.0. The number of amides is 1. The summed E-state index contributed by atoms with van der Waals surface area (Å²) in [5.41, 5.74) is 0.647. The van der Waals surface area contributed by atoms with Crippen LogP contribution >= 0.6 is 0 Å². The van der Waals surface area contributed by atoms with Crippen LogP contribution in [0.4, 0.5) is 0 Å². The van der Waals surface area contributed by atoms with E-state index >= 15 is 0 Å². The maximum absolute atomic E-state index is 12.5. The zero-order valence-corrected chi connectivity index (χ0v) is 14.9. The minimum absolute atomic E-state index is 0.000212. The van der Waals surface area contributed by atoms with Gasteiger partial charge in [0.05, 0.1) is 6.10 Å². The minimum atomic E-state index is -0.630. The Morgan fingerprint density at radius 3 is 2.74 bits per heavy atom. The van der Waals surface area contributed by atoms with Crippen LogP contribution in [0.25, 0.3) is 10.8 Å². The van der Waals surface area contributed by atoms with Gasteiger partial charge in [-0.1, -0.05) is 42.5 Å². The van der Waals surface area contributed by atoms with E-state index in [2.05, 4.69) is 35.3 Å². The molecule has 1 N–H and O–H groups in total. The van der Waals surface area contributed by atoms with E-state index in [1.165, 1.54) is 16.2 Å². The van der Waals surface area contributed by atoms with Crippen molar-refractivity contribution < 1.29 is 9.90 Å². The fraction of sp³-hybridized carbons (Fsp3) is 0.286. The normalized spacial score (nSPS) is 20.0. The lowest BCUT2D eigenvalue weighted by Gasteiger charge is -2.36. The molecule has 0 saturated carbocycles. The third-order valence-corrected chi connectivity index (χ3v) is 5.22. The molecule has 1 amide bonds. The smallest absolute Gasteiger partial charge is 0.347 e. The Bertz CT molecular complexity index is 1030. The molecule has 1 aliphatic heterocycles. The topological polar surface area (TPSA) is 75.4 Å². The molecule has 0 radical (unpaired) electrons. The molecule has 1 saturated heterocycles. The Balaban J connectivity index is 1.46. The van der Waals surface area contributed by atoms with Crippen LogP contribution in [0.1, 0.15) is 17.9 Å². The van der Waals surface area contributed by atoms with Gasteiger partial charge in [0.2, 0.25) is 5.91 Å². The number of carbonyl (C=O) groups is 1. The van der Waals surface area contributed by atoms with E-state index in [1.54, 1.807) is 17.2 Å². The van der Waals surface area contributed by atoms with E-state index in [0.29, 0.717) is 13.0 Å². The Hall–Kier alpha value is -2.99. The Kier molecular flexibility index (Phi) is 4.73. The summed E-state index contributed by atoms with van der Waals surface area (Å²) in [7, 11) is 0. The van der Waals surface area contributed by atoms with Gasteiger partial charge in [-0.05, 0) is 28.8 Å². The highest BCUT2D eigenvalue weighted by atomic mass is 16.3. The van der Waals surface area contributed by atoms with E-state index in [-0.39, 0.29) is 24.9 Å². The SMILES string of the molecule is O=C(Cn1cccnc1=O)N1CC[C@@H](c2ccc3ccccc3c2)[C@H](O)C1. The van der Waals surface area contributed by atoms with Gasteiger partial charge in [0.25, 0.3) is 0 Å². The summed E-state index contributed by atoms with van der Waals surface area (Å²) in [5.74, 6) is -0.180. The standard InChI is InChI=1S/C21H21N3O3/c25-19-13-23(20(26)14-24-10-3-9-22-21(24)27)11-8-18(19)17-7-6-15-4-1-2-5-16(15)12-17/h1-7,9-10,12,18-19,25H,8,11,13-14H2/t18-,19+/m0/s1. The highest BCUT2D eigenvalue weighted by molar-refractivity contribution is 5.83. The van der Waals surface area contributed by atoms with Crippen LogP contribution in [0.3, 0.4) is 0 Å². The molecule has 0 spiro atoms. The molecule has 3 aromatic rings. The zero-order valence-electron chi connectivity index (χ0n) is 14.9. The Morgan fingerprint density at radius 2 is 1.96 bits per heavy atom. The molecule has 0 aliphatic carbocycles. The van der Waals surface area contributed by atoms with Crippen molar-refractivity contribution in [2.45, 2.75) is 25.0 Å². The lowest BCUT2D eigenvalue weighted by molar-refractivity contribution is -0.135. The molecule has 4 rings (SSSR count). The quantitative estimate of drug-likeness (QED) is 0.770. The molecule has 2 aromatic carbocycles. The second kappa shape index (κ2) is 7.32. The van der Waals surface area contributed by atoms with Gasteiger partial charge in [-0.25, -0.2) is 9.78 Å². The first-order chi connectivity index (χ1) is 13.1. The second-order valence-corrected chi connectivity index (χ2v) is 6.94. The number of β-amino-alcohol motifs (C(OH)–C–C–N with tert-alkyl or cyclic N) is 1. The van der Waals surface area contributed by atoms with Crippen molar-refractivity contribution >= 4 is 16.7 Å². The van der Waals surface area contributed by atoms with Gasteiger partial charge in [-0.15, -0.1) is 0 Å². The van der Waals surface area contributed by atoms with Gasteiger partial charge in [-0.3, -0.25) is 9.36 Å². The van der Waals surface area contributed by atoms with Crippen molar-refractivity contribution in [3.8, 4) is 0 Å². The molecule has 6 heteroatoms. The second-order valence-electron chi connectivity index (χ2n) is 6.94. The summed E-state index contributed by atoms with van der Waals surface area (Å²) in [6, 6.07) is 16.0. The molecule has 6 nitrogen and oxygen atoms in total. The van der Waals surface area contributed by atoms with Crippen LogP contribution in [-0.4, -0.2) is 44.7 Å². The van der Waals surface area contributed by atoms with Crippen molar-refractivity contribution in [1.82, 2.24) is 14.5 Å². The van der Waals surface area contributed by atoms with Crippen LogP contribution in [0.15, 0.2) is 65.7 Å². The summed E-state index contributed by atoms with van der Waals surface area (Å²) in [6.45, 7) is 0.772. The highest BCUT2D eigenvalue weighted by Gasteiger charge is 2.31. The number of fused-ring (bicyclic) bond motifs is 1. The van der Waals surface area contributed by atoms with Crippen molar-refractivity contribution in [3.05, 3.63) is 77.0 Å². The van der Waals surface area contributed by atoms with Crippen LogP contribution in [-0.2, 0) is 11.3 Å². The predicted molar refractivity (Wildman–Crippen MR) is 102 cm³/mol. The van der Waals surface area contributed by atoms with Crippen molar-refractivity contribution in [3.63, 3.8) is 0 Å². The summed E-state index contributed by atoms with van der Waals surface area (Å²) >= 11 is 0. The molecule has 1 aromatic heterocycles. The number of aromatic nitrogens is 2. The number of benzene rings is 2. The first-order valence-electron chi connectivity index (χ1n) is 9.08. The number of hydrogen-bond acceptors (Lipinski definition) is 4. The van der Waals surface area contributed by atoms with E-state index in [4.69, 9.17) is 0 Å². The Labute approximate surface area is 156 Å². The zero-order chi connectivity index (χ0) is 18.8. The highest BCUT2D eigenvalue weighted by Crippen LogP contribution is 2.30. The van der Waals surface area contributed by atoms with Gasteiger partial charge < -0.3 is 10.0 Å². The number of carbonyl (C=O) groups excluding carboxylic acids is 1. The number of likely N-dealkylation sites (tertiary alicyclic amines) is 1. The summed E-state index contributed by atoms with van der Waals surface area (Å²) < 4.78 is 1.28. The van der Waals surface area contributed by atoms with Gasteiger partial charge in [0, 0.05) is 31.4 Å². The van der Waals surface area contributed by atoms with Crippen LogP contribution in [0.5, 0.6) is 0 Å². The monoisotopic (exact) mass is 363 g/mol. The first-order valence-corrected chi connectivity index (χ1v) is 9.08. The number of nitrogens with zero attached hydrogens (tertiary/aromatic N) is 3. The fourth-order valence-corrected chi connectivity index (χ4v) is 3.74. The van der Waals surface area contributed by atoms with Gasteiger partial charge >= 0.3 is 5.69 Å². The molecule has 0 bridgehead atoms. The summed E-state index contributed by atoms with van der Waals surface area (Å²) in [6.07, 6.45) is 3.01. The average Bonchev–Trinajstić information content (AvgIpc) is 2.69. The average molecular weight is 363 g/mol. The van der Waals surface area contributed by atoms with Crippen LogP contribution in [0.2, 0.25) is 0 Å². The number of rotatable bonds is 3. The number of hydrogen-bond donors (Lipinski definition) is 1. The van der Waals surface area contributed by atoms with Gasteiger partial charge in [0.15, 0.2) is 0 Å². The number of aliphatic hydroxyl groups excluding tert-OH is 1. The maximum Gasteiger partial charge on any atom is 0.347 e. The van der Waals surface area contributed by atoms with Crippen LogP contribution in [0, 0.1) is 0 Å². The summed E-state index contributed by atoms with van der Waals surface area (Å²) in [4.78, 5) is 29.5. The minimum Gasteiger partial charge on any atom is -0.391 e. The molecule has 2 heterocycles. The molecule has 138 valence electrons. The molecular formula is C21H21N3O3. The van der Waals surface area contributed by atoms with E-state index in [0.717, 1.165) is 10.9 Å². The molecule has 1 fully saturated rings. The maximum atomic E-state index is 12.5. The van der Waals surface area contributed by atoms with Crippen molar-refractivity contribution in [1.29, 1.82) is 0 Å². The lowest BCUT2D eigenvalue weighted by Crippen LogP contribution is -2.47. The largest absolute Gasteiger partial charge is 0.391 e. The molecule has 0 unspecified atom stereocenters. The molecule has 1 aliphatic rings. The van der Waals surface area contributed by atoms with Crippen molar-refractivity contribution in [2.24, 2.45) is 0 Å². The number of aliphatic hydroxyl groups is 1. The van der Waals surface area contributed by atoms with Crippen LogP contribution < -0.4 is 5.69 Å². The number of piperidine rings is 1. The van der Waals surface area contributed by atoms with E-state index in [9.17, 15) is 14.7 Å². The van der Waals surface area contributed by atoms with Gasteiger partial charge in [-0.2, -0.15) is 0 Å². The Morgan fingerprint density at radius 1 is 1.15 bits per heavy atom. The third-order valence-electron chi connectivity index (χ3n) is 5.22. The molecule has 2 atom stereocenters. The predicted octanol–water partition coefficient (Wildman–Crippen LogP) is 1.77. The molecular weight excluding hydrogens is 342 g/mol. The lowest BCUT2D eigenvalue weighted by atomic mass is 9.86. The third kappa shape index (κ3) is 3.61. The van der Waals surface area contributed by atoms with Crippen molar-refractivity contribution in [2.75, 3.05) is 13.1 Å². The van der Waals surface area contributed by atoms with E-state index in [1.807, 2.05) is 12.1 Å². The van der Waals surface area contributed by atoms with Gasteiger partial charge in [0.1, 0.15) is 6.54 Å². The first kappa shape index (κ1) is 17.4.